The Balaban J connectivity index is 1.85. The minimum Gasteiger partial charge on any atom is -0.0591 e. The summed E-state index contributed by atoms with van der Waals surface area (Å²) in [5, 5.41) is 0. The van der Waals surface area contributed by atoms with E-state index in [2.05, 4.69) is 13.8 Å². The highest BCUT2D eigenvalue weighted by atomic mass is 14.5. The second kappa shape index (κ2) is 2.74. The lowest BCUT2D eigenvalue weighted by molar-refractivity contribution is -0.0291. The fourth-order valence-electron chi connectivity index (χ4n) is 4.87. The molecule has 13 heavy (non-hydrogen) atoms. The highest BCUT2D eigenvalue weighted by Gasteiger charge is 2.48. The highest BCUT2D eigenvalue weighted by Crippen LogP contribution is 2.58. The molecule has 0 aromatic heterocycles. The molecule has 4 rings (SSSR count). The summed E-state index contributed by atoms with van der Waals surface area (Å²) >= 11 is 0. The maximum absolute atomic E-state index is 2.37. The van der Waals surface area contributed by atoms with Gasteiger partial charge >= 0.3 is 0 Å². The monoisotopic (exact) mass is 177 g/mol. The Morgan fingerprint density at radius 2 is 1.23 bits per heavy atom. The third-order valence-corrected chi connectivity index (χ3v) is 4.89. The van der Waals surface area contributed by atoms with Crippen LogP contribution in [0.5, 0.6) is 0 Å². The zero-order valence-electron chi connectivity index (χ0n) is 8.92. The van der Waals surface area contributed by atoms with Crippen molar-refractivity contribution in [1.82, 2.24) is 0 Å². The predicted octanol–water partition coefficient (Wildman–Crippen LogP) is 3.67. The number of hydrogen-bond donors (Lipinski definition) is 0. The summed E-state index contributed by atoms with van der Waals surface area (Å²) in [5.74, 6) is 7.22. The maximum Gasteiger partial charge on any atom is -0.0266 e. The van der Waals surface area contributed by atoms with Gasteiger partial charge < -0.3 is 0 Å². The van der Waals surface area contributed by atoms with Gasteiger partial charge in [0.15, 0.2) is 0 Å². The lowest BCUT2D eigenvalue weighted by atomic mass is 9.50. The average molecular weight is 177 g/mol. The molecule has 0 aromatic rings. The van der Waals surface area contributed by atoms with Crippen LogP contribution in [0, 0.1) is 35.5 Å². The molecule has 4 bridgehead atoms. The van der Waals surface area contributed by atoms with Gasteiger partial charge in [0, 0.05) is 0 Å². The van der Waals surface area contributed by atoms with Crippen molar-refractivity contribution in [1.29, 1.82) is 0 Å². The summed E-state index contributed by atoms with van der Waals surface area (Å²) in [6, 6.07) is 0. The topological polar surface area (TPSA) is 0 Å². The van der Waals surface area contributed by atoms with Crippen molar-refractivity contribution in [2.24, 2.45) is 29.6 Å². The van der Waals surface area contributed by atoms with Crippen LogP contribution in [-0.4, -0.2) is 0 Å². The largest absolute Gasteiger partial charge is 0.0591 e. The summed E-state index contributed by atoms with van der Waals surface area (Å²) in [4.78, 5) is 0. The van der Waals surface area contributed by atoms with Crippen molar-refractivity contribution in [3.63, 3.8) is 0 Å². The van der Waals surface area contributed by atoms with E-state index in [9.17, 15) is 0 Å². The number of rotatable bonds is 1. The van der Waals surface area contributed by atoms with E-state index in [0.717, 1.165) is 29.6 Å². The standard InChI is InChI=1S/C13H21/c1-8(2)13-11-4-9-3-10(6-11)7-12(13)5-9/h9-13H,3-7H2,1-2H3. The highest BCUT2D eigenvalue weighted by molar-refractivity contribution is 5.05. The third-order valence-electron chi connectivity index (χ3n) is 4.89. The molecule has 73 valence electrons. The zero-order chi connectivity index (χ0) is 9.00. The molecule has 0 aliphatic heterocycles. The van der Waals surface area contributed by atoms with Crippen LogP contribution in [0.3, 0.4) is 0 Å². The third kappa shape index (κ3) is 1.17. The minimum atomic E-state index is 1.02. The molecule has 0 nitrogen and oxygen atoms in total. The van der Waals surface area contributed by atoms with Gasteiger partial charge in [-0.1, -0.05) is 13.8 Å². The Kier molecular flexibility index (Phi) is 1.76. The first kappa shape index (κ1) is 8.32. The molecule has 0 atom stereocenters. The summed E-state index contributed by atoms with van der Waals surface area (Å²) < 4.78 is 0. The van der Waals surface area contributed by atoms with Crippen molar-refractivity contribution in [3.05, 3.63) is 5.92 Å². The van der Waals surface area contributed by atoms with E-state index in [1.54, 1.807) is 38.0 Å². The molecule has 4 aliphatic carbocycles. The normalized spacial score (nSPS) is 53.3. The van der Waals surface area contributed by atoms with E-state index in [1.165, 1.54) is 0 Å². The van der Waals surface area contributed by atoms with Crippen molar-refractivity contribution >= 4 is 0 Å². The van der Waals surface area contributed by atoms with E-state index in [4.69, 9.17) is 0 Å². The number of hydrogen-bond acceptors (Lipinski definition) is 0. The van der Waals surface area contributed by atoms with Crippen LogP contribution in [0.25, 0.3) is 0 Å². The Hall–Kier alpha value is 0. The summed E-state index contributed by atoms with van der Waals surface area (Å²) in [5.41, 5.74) is 0. The van der Waals surface area contributed by atoms with E-state index in [0.29, 0.717) is 0 Å². The van der Waals surface area contributed by atoms with E-state index in [-0.39, 0.29) is 0 Å². The van der Waals surface area contributed by atoms with Crippen molar-refractivity contribution in [2.75, 3.05) is 0 Å². The molecule has 0 aromatic carbocycles. The molecule has 0 N–H and O–H groups in total. The van der Waals surface area contributed by atoms with Crippen molar-refractivity contribution < 1.29 is 0 Å². The van der Waals surface area contributed by atoms with Crippen LogP contribution < -0.4 is 0 Å². The van der Waals surface area contributed by atoms with Gasteiger partial charge in [-0.3, -0.25) is 0 Å². The van der Waals surface area contributed by atoms with Crippen LogP contribution in [0.1, 0.15) is 46.0 Å². The first-order valence-corrected chi connectivity index (χ1v) is 6.04. The van der Waals surface area contributed by atoms with Gasteiger partial charge in [-0.2, -0.15) is 0 Å². The second-order valence-electron chi connectivity index (χ2n) is 6.03. The smallest absolute Gasteiger partial charge is 0.0266 e. The van der Waals surface area contributed by atoms with Crippen LogP contribution in [-0.2, 0) is 0 Å². The fraction of sp³-hybridized carbons (Fsp3) is 0.923. The lowest BCUT2D eigenvalue weighted by Gasteiger charge is -2.55. The maximum atomic E-state index is 2.37. The van der Waals surface area contributed by atoms with E-state index < -0.39 is 0 Å². The fourth-order valence-corrected chi connectivity index (χ4v) is 4.87. The van der Waals surface area contributed by atoms with Gasteiger partial charge in [0.05, 0.1) is 0 Å². The Labute approximate surface area is 82.1 Å². The molecule has 0 saturated heterocycles. The summed E-state index contributed by atoms with van der Waals surface area (Å²) in [7, 11) is 0. The van der Waals surface area contributed by atoms with Gasteiger partial charge in [-0.25, -0.2) is 0 Å². The molecular formula is C13H21. The van der Waals surface area contributed by atoms with Crippen molar-refractivity contribution in [2.45, 2.75) is 46.0 Å². The average Bonchev–Trinajstić information content (AvgIpc) is 2.00. The minimum absolute atomic E-state index is 1.02. The van der Waals surface area contributed by atoms with Crippen LogP contribution in [0.15, 0.2) is 0 Å². The van der Waals surface area contributed by atoms with Crippen LogP contribution >= 0.6 is 0 Å². The molecule has 4 aliphatic rings. The van der Waals surface area contributed by atoms with Crippen LogP contribution in [0.2, 0.25) is 0 Å². The van der Waals surface area contributed by atoms with Crippen LogP contribution in [0.4, 0.5) is 0 Å². The SMILES string of the molecule is C[C](C)C1C2CC3CC(C2)CC1C3. The zero-order valence-corrected chi connectivity index (χ0v) is 8.92. The molecule has 0 spiro atoms. The summed E-state index contributed by atoms with van der Waals surface area (Å²) in [6.45, 7) is 4.74. The molecule has 4 fully saturated rings. The molecule has 0 heteroatoms. The predicted molar refractivity (Wildman–Crippen MR) is 55.1 cm³/mol. The van der Waals surface area contributed by atoms with Gasteiger partial charge in [0.1, 0.15) is 0 Å². The van der Waals surface area contributed by atoms with Gasteiger partial charge in [-0.05, 0) is 67.6 Å². The second-order valence-corrected chi connectivity index (χ2v) is 6.03. The molecule has 0 amide bonds. The van der Waals surface area contributed by atoms with Gasteiger partial charge in [-0.15, -0.1) is 0 Å². The Bertz CT molecular complexity index is 176. The molecular weight excluding hydrogens is 156 g/mol. The Morgan fingerprint density at radius 1 is 0.769 bits per heavy atom. The lowest BCUT2D eigenvalue weighted by Crippen LogP contribution is -2.46. The quantitative estimate of drug-likeness (QED) is 0.573. The molecule has 1 radical (unpaired) electrons. The molecule has 0 unspecified atom stereocenters. The van der Waals surface area contributed by atoms with Crippen molar-refractivity contribution in [3.8, 4) is 0 Å². The van der Waals surface area contributed by atoms with Gasteiger partial charge in [0.2, 0.25) is 0 Å². The molecule has 0 heterocycles. The first-order valence-electron chi connectivity index (χ1n) is 6.04. The van der Waals surface area contributed by atoms with E-state index >= 15 is 0 Å². The Morgan fingerprint density at radius 3 is 1.62 bits per heavy atom. The van der Waals surface area contributed by atoms with E-state index in [1.807, 2.05) is 0 Å². The molecule has 4 saturated carbocycles. The first-order chi connectivity index (χ1) is 6.24. The van der Waals surface area contributed by atoms with Gasteiger partial charge in [0.25, 0.3) is 0 Å². The summed E-state index contributed by atoms with van der Waals surface area (Å²) in [6.07, 6.45) is 7.87.